The highest BCUT2D eigenvalue weighted by atomic mass is 16.6. The van der Waals surface area contributed by atoms with Crippen molar-refractivity contribution in [2.24, 2.45) is 0 Å². The van der Waals surface area contributed by atoms with Crippen molar-refractivity contribution in [3.05, 3.63) is 12.2 Å². The Bertz CT molecular complexity index is 272. The summed E-state index contributed by atoms with van der Waals surface area (Å²) in [6.45, 7) is 13.7. The first-order valence-corrected chi connectivity index (χ1v) is 5.08. The van der Waals surface area contributed by atoms with Crippen LogP contribution < -0.4 is 0 Å². The zero-order valence-corrected chi connectivity index (χ0v) is 10.8. The Morgan fingerprint density at radius 3 is 1.25 bits per heavy atom. The van der Waals surface area contributed by atoms with Gasteiger partial charge in [-0.3, -0.25) is 0 Å². The van der Waals surface area contributed by atoms with E-state index in [1.165, 1.54) is 0 Å². The van der Waals surface area contributed by atoms with E-state index in [9.17, 15) is 9.59 Å². The standard InChI is InChI=1S/C12H20O4/c1-8(9(13)15-11(2,3)4)10(14)16-12(5,6)7/h1H2,2-7H3. The van der Waals surface area contributed by atoms with Gasteiger partial charge < -0.3 is 9.47 Å². The van der Waals surface area contributed by atoms with Gasteiger partial charge in [0.05, 0.1) is 0 Å². The predicted molar refractivity (Wildman–Crippen MR) is 60.8 cm³/mol. The van der Waals surface area contributed by atoms with Gasteiger partial charge in [-0.2, -0.15) is 0 Å². The lowest BCUT2D eigenvalue weighted by atomic mass is 10.1. The summed E-state index contributed by atoms with van der Waals surface area (Å²) in [5.74, 6) is -1.50. The van der Waals surface area contributed by atoms with Crippen LogP contribution in [0.3, 0.4) is 0 Å². The molecular formula is C12H20O4. The third kappa shape index (κ3) is 6.22. The van der Waals surface area contributed by atoms with Crippen molar-refractivity contribution in [1.29, 1.82) is 0 Å². The van der Waals surface area contributed by atoms with E-state index in [-0.39, 0.29) is 5.57 Å². The molecule has 92 valence electrons. The second kappa shape index (κ2) is 4.68. The molecule has 0 amide bonds. The van der Waals surface area contributed by atoms with Crippen LogP contribution in [0.15, 0.2) is 12.2 Å². The molecule has 0 N–H and O–H groups in total. The molecule has 0 aromatic carbocycles. The minimum absolute atomic E-state index is 0.287. The Labute approximate surface area is 96.6 Å². The van der Waals surface area contributed by atoms with E-state index in [4.69, 9.17) is 9.47 Å². The third-order valence-electron chi connectivity index (χ3n) is 1.29. The molecule has 0 unspecified atom stereocenters. The Morgan fingerprint density at radius 1 is 0.812 bits per heavy atom. The highest BCUT2D eigenvalue weighted by Gasteiger charge is 2.26. The molecule has 0 aliphatic rings. The molecule has 0 saturated heterocycles. The zero-order valence-electron chi connectivity index (χ0n) is 10.8. The van der Waals surface area contributed by atoms with Crippen molar-refractivity contribution in [2.45, 2.75) is 52.7 Å². The first-order chi connectivity index (χ1) is 6.92. The maximum Gasteiger partial charge on any atom is 0.345 e. The average molecular weight is 228 g/mol. The number of carbonyl (C=O) groups excluding carboxylic acids is 2. The number of hydrogen-bond donors (Lipinski definition) is 0. The molecule has 0 aliphatic heterocycles. The fourth-order valence-corrected chi connectivity index (χ4v) is 0.763. The highest BCUT2D eigenvalue weighted by Crippen LogP contribution is 2.14. The second-order valence-electron chi connectivity index (χ2n) is 5.48. The number of carbonyl (C=O) groups is 2. The van der Waals surface area contributed by atoms with E-state index in [1.54, 1.807) is 41.5 Å². The number of rotatable bonds is 2. The summed E-state index contributed by atoms with van der Waals surface area (Å²) < 4.78 is 9.99. The number of hydrogen-bond acceptors (Lipinski definition) is 4. The van der Waals surface area contributed by atoms with E-state index in [0.29, 0.717) is 0 Å². The van der Waals surface area contributed by atoms with Crippen LogP contribution in [-0.4, -0.2) is 23.1 Å². The fourth-order valence-electron chi connectivity index (χ4n) is 0.763. The van der Waals surface area contributed by atoms with Crippen molar-refractivity contribution in [1.82, 2.24) is 0 Å². The lowest BCUT2D eigenvalue weighted by Gasteiger charge is -2.22. The molecule has 0 spiro atoms. The SMILES string of the molecule is C=C(C(=O)OC(C)(C)C)C(=O)OC(C)(C)C. The molecule has 4 heteroatoms. The van der Waals surface area contributed by atoms with Crippen LogP contribution >= 0.6 is 0 Å². The second-order valence-corrected chi connectivity index (χ2v) is 5.48. The van der Waals surface area contributed by atoms with Gasteiger partial charge in [-0.15, -0.1) is 0 Å². The number of ether oxygens (including phenoxy) is 2. The highest BCUT2D eigenvalue weighted by molar-refractivity contribution is 6.13. The molecular weight excluding hydrogens is 208 g/mol. The van der Waals surface area contributed by atoms with Crippen molar-refractivity contribution in [3.63, 3.8) is 0 Å². The molecule has 0 aromatic heterocycles. The molecule has 0 aliphatic carbocycles. The predicted octanol–water partition coefficient (Wildman–Crippen LogP) is 2.23. The first-order valence-electron chi connectivity index (χ1n) is 5.08. The maximum atomic E-state index is 11.5. The summed E-state index contributed by atoms with van der Waals surface area (Å²) in [5.41, 5.74) is -1.59. The van der Waals surface area contributed by atoms with Gasteiger partial charge in [0.2, 0.25) is 0 Å². The Morgan fingerprint density at radius 2 is 1.06 bits per heavy atom. The van der Waals surface area contributed by atoms with Gasteiger partial charge in [-0.25, -0.2) is 9.59 Å². The van der Waals surface area contributed by atoms with Gasteiger partial charge >= 0.3 is 11.9 Å². The van der Waals surface area contributed by atoms with E-state index in [2.05, 4.69) is 6.58 Å². The lowest BCUT2D eigenvalue weighted by molar-refractivity contribution is -0.158. The lowest BCUT2D eigenvalue weighted by Crippen LogP contribution is -2.30. The van der Waals surface area contributed by atoms with Crippen LogP contribution in [0.5, 0.6) is 0 Å². The first kappa shape index (κ1) is 14.7. The molecule has 0 atom stereocenters. The average Bonchev–Trinajstić information content (AvgIpc) is 1.96. The quantitative estimate of drug-likeness (QED) is 0.315. The monoisotopic (exact) mass is 228 g/mol. The van der Waals surface area contributed by atoms with Crippen LogP contribution in [-0.2, 0) is 19.1 Å². The van der Waals surface area contributed by atoms with Crippen LogP contribution in [0.4, 0.5) is 0 Å². The Balaban J connectivity index is 4.47. The van der Waals surface area contributed by atoms with Crippen molar-refractivity contribution in [2.75, 3.05) is 0 Å². The summed E-state index contributed by atoms with van der Waals surface area (Å²) in [7, 11) is 0. The van der Waals surface area contributed by atoms with E-state index >= 15 is 0 Å². The van der Waals surface area contributed by atoms with E-state index < -0.39 is 23.1 Å². The molecule has 0 bridgehead atoms. The summed E-state index contributed by atoms with van der Waals surface area (Å²) in [4.78, 5) is 22.9. The molecule has 0 aromatic rings. The smallest absolute Gasteiger partial charge is 0.345 e. The van der Waals surface area contributed by atoms with E-state index in [0.717, 1.165) is 0 Å². The van der Waals surface area contributed by atoms with Gasteiger partial charge in [0.1, 0.15) is 16.8 Å². The topological polar surface area (TPSA) is 52.6 Å². The molecule has 0 fully saturated rings. The van der Waals surface area contributed by atoms with Crippen LogP contribution in [0, 0.1) is 0 Å². The van der Waals surface area contributed by atoms with Gasteiger partial charge in [-0.1, -0.05) is 6.58 Å². The van der Waals surface area contributed by atoms with Gasteiger partial charge in [-0.05, 0) is 41.5 Å². The summed E-state index contributed by atoms with van der Waals surface area (Å²) in [6, 6.07) is 0. The molecule has 0 heterocycles. The molecule has 4 nitrogen and oxygen atoms in total. The Hall–Kier alpha value is -1.32. The van der Waals surface area contributed by atoms with Crippen LogP contribution in [0.25, 0.3) is 0 Å². The van der Waals surface area contributed by atoms with Crippen molar-refractivity contribution < 1.29 is 19.1 Å². The van der Waals surface area contributed by atoms with Crippen LogP contribution in [0.2, 0.25) is 0 Å². The minimum atomic E-state index is -0.748. The van der Waals surface area contributed by atoms with E-state index in [1.807, 2.05) is 0 Å². The third-order valence-corrected chi connectivity index (χ3v) is 1.29. The molecule has 16 heavy (non-hydrogen) atoms. The summed E-state index contributed by atoms with van der Waals surface area (Å²) in [5, 5.41) is 0. The number of esters is 2. The largest absolute Gasteiger partial charge is 0.456 e. The summed E-state index contributed by atoms with van der Waals surface area (Å²) in [6.07, 6.45) is 0. The fraction of sp³-hybridized carbons (Fsp3) is 0.667. The van der Waals surface area contributed by atoms with Gasteiger partial charge in [0.15, 0.2) is 0 Å². The molecule has 0 rings (SSSR count). The van der Waals surface area contributed by atoms with Gasteiger partial charge in [0.25, 0.3) is 0 Å². The summed E-state index contributed by atoms with van der Waals surface area (Å²) >= 11 is 0. The van der Waals surface area contributed by atoms with Crippen LogP contribution in [0.1, 0.15) is 41.5 Å². The maximum absolute atomic E-state index is 11.5. The normalized spacial score (nSPS) is 11.9. The van der Waals surface area contributed by atoms with Gasteiger partial charge in [0, 0.05) is 0 Å². The van der Waals surface area contributed by atoms with Crippen molar-refractivity contribution >= 4 is 11.9 Å². The molecule has 0 radical (unpaired) electrons. The van der Waals surface area contributed by atoms with Crippen molar-refractivity contribution in [3.8, 4) is 0 Å². The minimum Gasteiger partial charge on any atom is -0.456 e. The Kier molecular flexibility index (Phi) is 4.29. The zero-order chi connectivity index (χ0) is 13.1. The molecule has 0 saturated carbocycles.